The molecule has 1 saturated heterocycles. The minimum atomic E-state index is -1.60. The third-order valence-corrected chi connectivity index (χ3v) is 0.990. The van der Waals surface area contributed by atoms with Gasteiger partial charge in [0.25, 0.3) is 0 Å². The van der Waals surface area contributed by atoms with Crippen LogP contribution in [0.4, 0.5) is 0 Å². The predicted molar refractivity (Wildman–Crippen MR) is 23.8 cm³/mol. The van der Waals surface area contributed by atoms with Crippen molar-refractivity contribution >= 4 is 19.0 Å². The molecule has 1 rings (SSSR count). The zero-order valence-electron chi connectivity index (χ0n) is 4.31. The summed E-state index contributed by atoms with van der Waals surface area (Å²) >= 11 is 0. The Labute approximate surface area is 50.1 Å². The summed E-state index contributed by atoms with van der Waals surface area (Å²) in [5.74, 6) is 0. The molecule has 0 aromatic carbocycles. The molecule has 5 heteroatoms. The molecule has 0 aromatic heterocycles. The van der Waals surface area contributed by atoms with E-state index >= 15 is 0 Å². The maximum absolute atomic E-state index is 9.93. The van der Waals surface area contributed by atoms with E-state index in [-0.39, 0.29) is 19.0 Å². The highest BCUT2D eigenvalue weighted by atomic mass is 16.9. The monoisotopic (exact) mass is 129 g/mol. The van der Waals surface area contributed by atoms with Crippen LogP contribution in [0.2, 0.25) is 0 Å². The maximum Gasteiger partial charge on any atom is 0.303 e. The Bertz CT molecular complexity index is 158. The zero-order valence-corrected chi connectivity index (χ0v) is 4.31. The molecule has 0 atom stereocenters. The van der Waals surface area contributed by atoms with E-state index in [0.29, 0.717) is 5.06 Å². The van der Waals surface area contributed by atoms with Gasteiger partial charge in [-0.25, -0.2) is 4.84 Å². The number of carbonyl (C=O) groups excluding carboxylic acids is 3. The normalized spacial score (nSPS) is 20.7. The average Bonchev–Trinajstić information content (AvgIpc) is 2.63. The highest BCUT2D eigenvalue weighted by molar-refractivity contribution is 5.92. The Morgan fingerprint density at radius 1 is 1.22 bits per heavy atom. The van der Waals surface area contributed by atoms with Gasteiger partial charge in [0.05, 0.1) is 0 Å². The summed E-state index contributed by atoms with van der Waals surface area (Å²) in [5, 5.41) is 0.632. The first kappa shape index (κ1) is 5.90. The van der Waals surface area contributed by atoms with Crippen LogP contribution < -0.4 is 0 Å². The van der Waals surface area contributed by atoms with Crippen molar-refractivity contribution in [3.63, 3.8) is 0 Å². The number of nitrogens with zero attached hydrogens (tertiary/aromatic N) is 1. The van der Waals surface area contributed by atoms with E-state index in [1.165, 1.54) is 0 Å². The fourth-order valence-electron chi connectivity index (χ4n) is 0.416. The van der Waals surface area contributed by atoms with Gasteiger partial charge in [0.15, 0.2) is 12.6 Å². The Hall–Kier alpha value is -1.23. The number of aldehydes is 2. The number of amides is 1. The van der Waals surface area contributed by atoms with Gasteiger partial charge in [-0.15, -0.1) is 0 Å². The number of hydroxylamine groups is 2. The van der Waals surface area contributed by atoms with Gasteiger partial charge in [-0.2, -0.15) is 5.06 Å². The molecule has 0 spiro atoms. The van der Waals surface area contributed by atoms with Crippen LogP contribution in [0.1, 0.15) is 0 Å². The molecule has 1 aliphatic heterocycles. The topological polar surface area (TPSA) is 66.8 Å². The predicted octanol–water partition coefficient (Wildman–Crippen LogP) is -1.52. The van der Waals surface area contributed by atoms with Gasteiger partial charge in [-0.05, 0) is 0 Å². The molecule has 9 heavy (non-hydrogen) atoms. The van der Waals surface area contributed by atoms with E-state index in [0.717, 1.165) is 0 Å². The van der Waals surface area contributed by atoms with Gasteiger partial charge < -0.3 is 0 Å². The molecular weight excluding hydrogens is 126 g/mol. The molecule has 5 nitrogen and oxygen atoms in total. The molecule has 0 unspecified atom stereocenters. The van der Waals surface area contributed by atoms with Gasteiger partial charge in [-0.1, -0.05) is 0 Å². The fourth-order valence-corrected chi connectivity index (χ4v) is 0.416. The molecular formula is C4H3NO4. The van der Waals surface area contributed by atoms with Crippen molar-refractivity contribution in [3.8, 4) is 0 Å². The van der Waals surface area contributed by atoms with Crippen LogP contribution in [0.15, 0.2) is 0 Å². The largest absolute Gasteiger partial charge is 0.303 e. The lowest BCUT2D eigenvalue weighted by atomic mass is 10.3. The molecule has 1 heterocycles. The Kier molecular flexibility index (Phi) is 1.07. The third kappa shape index (κ3) is 0.619. The van der Waals surface area contributed by atoms with Crippen molar-refractivity contribution in [3.05, 3.63) is 0 Å². The number of hydrogen-bond donors (Lipinski definition) is 0. The van der Waals surface area contributed by atoms with E-state index in [9.17, 15) is 14.4 Å². The van der Waals surface area contributed by atoms with E-state index in [4.69, 9.17) is 0 Å². The Balaban J connectivity index is 2.67. The molecule has 1 aliphatic rings. The second-order valence-corrected chi connectivity index (χ2v) is 1.51. The molecule has 48 valence electrons. The van der Waals surface area contributed by atoms with Crippen LogP contribution in [0.5, 0.6) is 0 Å². The number of carbonyl (C=O) groups is 3. The van der Waals surface area contributed by atoms with Crippen LogP contribution in [0.3, 0.4) is 0 Å². The van der Waals surface area contributed by atoms with E-state index < -0.39 is 5.72 Å². The van der Waals surface area contributed by atoms with Crippen molar-refractivity contribution in [2.24, 2.45) is 0 Å². The first-order chi connectivity index (χ1) is 4.29. The van der Waals surface area contributed by atoms with Crippen molar-refractivity contribution in [1.29, 1.82) is 0 Å². The summed E-state index contributed by atoms with van der Waals surface area (Å²) in [6.07, 6.45) is 0.783. The van der Waals surface area contributed by atoms with Crippen molar-refractivity contribution in [1.82, 2.24) is 5.06 Å². The molecule has 0 aliphatic carbocycles. The number of hydrogen-bond acceptors (Lipinski definition) is 4. The maximum atomic E-state index is 9.93. The van der Waals surface area contributed by atoms with E-state index in [1.54, 1.807) is 0 Å². The van der Waals surface area contributed by atoms with Gasteiger partial charge >= 0.3 is 5.72 Å². The molecule has 0 aromatic rings. The van der Waals surface area contributed by atoms with Crippen molar-refractivity contribution in [2.75, 3.05) is 0 Å². The quantitative estimate of drug-likeness (QED) is 0.264. The van der Waals surface area contributed by atoms with Crippen LogP contribution in [0.25, 0.3) is 0 Å². The smallest absolute Gasteiger partial charge is 0.297 e. The summed E-state index contributed by atoms with van der Waals surface area (Å²) in [6, 6.07) is 0. The average molecular weight is 129 g/mol. The third-order valence-electron chi connectivity index (χ3n) is 0.990. The van der Waals surface area contributed by atoms with Crippen molar-refractivity contribution < 1.29 is 19.2 Å². The Morgan fingerprint density at radius 2 is 1.78 bits per heavy atom. The summed E-state index contributed by atoms with van der Waals surface area (Å²) in [7, 11) is 0. The minimum absolute atomic E-state index is 0.258. The van der Waals surface area contributed by atoms with E-state index in [1.807, 2.05) is 0 Å². The molecule has 0 radical (unpaired) electrons. The standard InChI is InChI=1S/C4H3NO4/c6-1-4(2-7)5(3-8)9-4/h1-3H. The van der Waals surface area contributed by atoms with E-state index in [2.05, 4.69) is 4.84 Å². The lowest BCUT2D eigenvalue weighted by Gasteiger charge is -1.82. The van der Waals surface area contributed by atoms with Crippen LogP contribution in [-0.4, -0.2) is 29.8 Å². The summed E-state index contributed by atoms with van der Waals surface area (Å²) in [5.41, 5.74) is -1.60. The second-order valence-electron chi connectivity index (χ2n) is 1.51. The van der Waals surface area contributed by atoms with Crippen LogP contribution in [-0.2, 0) is 19.2 Å². The summed E-state index contributed by atoms with van der Waals surface area (Å²) in [6.45, 7) is 0. The first-order valence-electron chi connectivity index (χ1n) is 2.15. The molecule has 0 saturated carbocycles. The van der Waals surface area contributed by atoms with Gasteiger partial charge in [0, 0.05) is 0 Å². The molecule has 1 fully saturated rings. The second kappa shape index (κ2) is 1.63. The highest BCUT2D eigenvalue weighted by Gasteiger charge is 2.56. The lowest BCUT2D eigenvalue weighted by molar-refractivity contribution is -0.123. The molecule has 0 bridgehead atoms. The highest BCUT2D eigenvalue weighted by Crippen LogP contribution is 2.27. The van der Waals surface area contributed by atoms with Crippen LogP contribution >= 0.6 is 0 Å². The molecule has 1 amide bonds. The first-order valence-corrected chi connectivity index (χ1v) is 2.15. The van der Waals surface area contributed by atoms with Crippen molar-refractivity contribution in [2.45, 2.75) is 5.72 Å². The SMILES string of the molecule is O=CN1OC1(C=O)C=O. The lowest BCUT2D eigenvalue weighted by Crippen LogP contribution is -2.20. The van der Waals surface area contributed by atoms with Gasteiger partial charge in [-0.3, -0.25) is 14.4 Å². The minimum Gasteiger partial charge on any atom is -0.297 e. The Morgan fingerprint density at radius 3 is 1.89 bits per heavy atom. The fraction of sp³-hybridized carbons (Fsp3) is 0.250. The van der Waals surface area contributed by atoms with Crippen LogP contribution in [0, 0.1) is 0 Å². The molecule has 0 N–H and O–H groups in total. The zero-order chi connectivity index (χ0) is 6.91. The summed E-state index contributed by atoms with van der Waals surface area (Å²) < 4.78 is 0. The van der Waals surface area contributed by atoms with Gasteiger partial charge in [0.1, 0.15) is 0 Å². The summed E-state index contributed by atoms with van der Waals surface area (Å²) in [4.78, 5) is 33.9. The number of rotatable bonds is 3. The van der Waals surface area contributed by atoms with Gasteiger partial charge in [0.2, 0.25) is 6.41 Å².